The van der Waals surface area contributed by atoms with Crippen molar-refractivity contribution in [3.63, 3.8) is 0 Å². The van der Waals surface area contributed by atoms with E-state index in [2.05, 4.69) is 82.9 Å². The monoisotopic (exact) mass is 465 g/mol. The van der Waals surface area contributed by atoms with Gasteiger partial charge in [0.25, 0.3) is 0 Å². The number of rotatable bonds is 3. The van der Waals surface area contributed by atoms with E-state index >= 15 is 0 Å². The number of aliphatic imine (C=N–C) groups is 1. The largest absolute Gasteiger partial charge is 0.308 e. The molecule has 3 heterocycles. The van der Waals surface area contributed by atoms with Gasteiger partial charge in [0.1, 0.15) is 5.82 Å². The van der Waals surface area contributed by atoms with Crippen LogP contribution in [0.25, 0.3) is 11.8 Å². The lowest BCUT2D eigenvalue weighted by molar-refractivity contribution is 0.344. The minimum absolute atomic E-state index is 0.0249. The highest BCUT2D eigenvalue weighted by Crippen LogP contribution is 2.49. The van der Waals surface area contributed by atoms with Gasteiger partial charge in [-0.2, -0.15) is 0 Å². The van der Waals surface area contributed by atoms with Crippen LogP contribution in [0, 0.1) is 5.82 Å². The van der Waals surface area contributed by atoms with Gasteiger partial charge in [-0.05, 0) is 65.2 Å². The Hall–Kier alpha value is -3.41. The third kappa shape index (κ3) is 3.81. The van der Waals surface area contributed by atoms with Gasteiger partial charge >= 0.3 is 0 Å². The van der Waals surface area contributed by atoms with E-state index in [1.807, 2.05) is 18.2 Å². The van der Waals surface area contributed by atoms with Crippen molar-refractivity contribution in [1.29, 1.82) is 0 Å². The summed E-state index contributed by atoms with van der Waals surface area (Å²) in [6.07, 6.45) is 2.26. The molecule has 6 rings (SSSR count). The summed E-state index contributed by atoms with van der Waals surface area (Å²) in [5, 5.41) is 3.11. The average molecular weight is 466 g/mol. The van der Waals surface area contributed by atoms with Gasteiger partial charge in [-0.25, -0.2) is 9.38 Å². The Kier molecular flexibility index (Phi) is 5.44. The summed E-state index contributed by atoms with van der Waals surface area (Å²) in [6.45, 7) is 1.70. The van der Waals surface area contributed by atoms with Crippen LogP contribution in [0.15, 0.2) is 112 Å². The normalized spacial score (nSPS) is 21.3. The predicted molar refractivity (Wildman–Crippen MR) is 139 cm³/mol. The molecule has 0 aromatic heterocycles. The molecule has 0 saturated heterocycles. The van der Waals surface area contributed by atoms with Crippen LogP contribution in [0.5, 0.6) is 0 Å². The Morgan fingerprint density at radius 3 is 2.35 bits per heavy atom. The number of halogens is 1. The first-order chi connectivity index (χ1) is 16.7. The molecule has 3 aromatic carbocycles. The molecule has 0 radical (unpaired) electrons. The van der Waals surface area contributed by atoms with E-state index < -0.39 is 0 Å². The summed E-state index contributed by atoms with van der Waals surface area (Å²) < 4.78 is 13.7. The smallest absolute Gasteiger partial charge is 0.174 e. The summed E-state index contributed by atoms with van der Waals surface area (Å²) in [5.74, 6) is -0.225. The molecular weight excluding hydrogens is 441 g/mol. The molecule has 1 atom stereocenters. The number of fused-ring (bicyclic) bond motifs is 1. The molecule has 168 valence electrons. The predicted octanol–water partition coefficient (Wildman–Crippen LogP) is 6.57. The lowest BCUT2D eigenvalue weighted by atomic mass is 9.88. The van der Waals surface area contributed by atoms with E-state index in [0.717, 1.165) is 35.2 Å². The highest BCUT2D eigenvalue weighted by Gasteiger charge is 2.41. The Balaban J connectivity index is 1.51. The fourth-order valence-corrected chi connectivity index (χ4v) is 5.87. The minimum atomic E-state index is -0.225. The molecule has 0 unspecified atom stereocenters. The highest BCUT2D eigenvalue weighted by atomic mass is 32.2. The quantitative estimate of drug-likeness (QED) is 0.436. The first-order valence-electron chi connectivity index (χ1n) is 11.4. The van der Waals surface area contributed by atoms with Crippen molar-refractivity contribution in [2.24, 2.45) is 4.99 Å². The van der Waals surface area contributed by atoms with Gasteiger partial charge < -0.3 is 4.90 Å². The lowest BCUT2D eigenvalue weighted by Gasteiger charge is -2.42. The zero-order chi connectivity index (χ0) is 23.1. The fourth-order valence-electron chi connectivity index (χ4n) is 4.94. The number of likely N-dealkylation sites (N-methyl/N-ethyl adjacent to an activating group) is 1. The molecule has 0 saturated carbocycles. The second-order valence-corrected chi connectivity index (χ2v) is 9.67. The summed E-state index contributed by atoms with van der Waals surface area (Å²) in [7, 11) is 2.17. The van der Waals surface area contributed by atoms with Gasteiger partial charge in [0, 0.05) is 18.5 Å². The average Bonchev–Trinajstić information content (AvgIpc) is 3.28. The Bertz CT molecular complexity index is 1340. The Morgan fingerprint density at radius 2 is 1.62 bits per heavy atom. The first kappa shape index (κ1) is 21.1. The molecule has 0 N–H and O–H groups in total. The van der Waals surface area contributed by atoms with Crippen LogP contribution in [-0.2, 0) is 0 Å². The van der Waals surface area contributed by atoms with Crippen molar-refractivity contribution in [3.05, 3.63) is 130 Å². The molecule has 0 spiro atoms. The zero-order valence-electron chi connectivity index (χ0n) is 18.9. The molecule has 0 fully saturated rings. The molecule has 3 aromatic rings. The minimum Gasteiger partial charge on any atom is -0.308 e. The van der Waals surface area contributed by atoms with Gasteiger partial charge in [0.2, 0.25) is 0 Å². The van der Waals surface area contributed by atoms with Crippen LogP contribution in [-0.4, -0.2) is 35.1 Å². The van der Waals surface area contributed by atoms with Gasteiger partial charge in [-0.1, -0.05) is 72.4 Å². The SMILES string of the molecule is CN1CC2=C(N=C3SC=C(c4ccc(F)cc4)N3[C@@H]2c2ccccc2)/C(=C/c2ccccc2)C1. The molecule has 5 heteroatoms. The number of hydrogen-bond acceptors (Lipinski definition) is 4. The van der Waals surface area contributed by atoms with Gasteiger partial charge in [0.05, 0.1) is 17.4 Å². The second-order valence-electron chi connectivity index (χ2n) is 8.83. The molecule has 0 amide bonds. The highest BCUT2D eigenvalue weighted by molar-refractivity contribution is 8.16. The van der Waals surface area contributed by atoms with Crippen molar-refractivity contribution in [2.45, 2.75) is 6.04 Å². The molecule has 0 aliphatic carbocycles. The van der Waals surface area contributed by atoms with Crippen molar-refractivity contribution in [2.75, 3.05) is 20.1 Å². The van der Waals surface area contributed by atoms with E-state index in [1.165, 1.54) is 34.4 Å². The molecule has 3 aliphatic heterocycles. The van der Waals surface area contributed by atoms with Crippen LogP contribution < -0.4 is 0 Å². The van der Waals surface area contributed by atoms with Crippen molar-refractivity contribution in [3.8, 4) is 0 Å². The molecule has 3 aliphatic rings. The van der Waals surface area contributed by atoms with Crippen molar-refractivity contribution in [1.82, 2.24) is 9.80 Å². The second kappa shape index (κ2) is 8.75. The number of nitrogens with zero attached hydrogens (tertiary/aromatic N) is 3. The number of benzene rings is 3. The molecule has 3 nitrogen and oxygen atoms in total. The fraction of sp³-hybridized carbons (Fsp3) is 0.138. The zero-order valence-corrected chi connectivity index (χ0v) is 19.7. The topological polar surface area (TPSA) is 18.8 Å². The van der Waals surface area contributed by atoms with E-state index in [-0.39, 0.29) is 11.9 Å². The van der Waals surface area contributed by atoms with Gasteiger partial charge in [-0.3, -0.25) is 4.90 Å². The third-order valence-corrected chi connectivity index (χ3v) is 7.26. The standard InChI is InChI=1S/C29H24FN3S/c1-32-17-23(16-20-8-4-2-5-9-20)27-25(18-32)28(22-10-6-3-7-11-22)33-26(19-34-29(33)31-27)21-12-14-24(30)15-13-21/h2-16,19,28H,17-18H2,1H3/b23-16+/t28-/m1/s1. The van der Waals surface area contributed by atoms with Crippen molar-refractivity contribution >= 4 is 28.7 Å². The number of hydrogen-bond donors (Lipinski definition) is 0. The van der Waals surface area contributed by atoms with Crippen LogP contribution in [0.3, 0.4) is 0 Å². The maximum Gasteiger partial charge on any atom is 0.174 e. The van der Waals surface area contributed by atoms with E-state index in [9.17, 15) is 4.39 Å². The third-order valence-electron chi connectivity index (χ3n) is 6.42. The van der Waals surface area contributed by atoms with Crippen LogP contribution in [0.2, 0.25) is 0 Å². The van der Waals surface area contributed by atoms with Crippen LogP contribution in [0.4, 0.5) is 4.39 Å². The van der Waals surface area contributed by atoms with Crippen molar-refractivity contribution < 1.29 is 4.39 Å². The van der Waals surface area contributed by atoms with Gasteiger partial charge in [0.15, 0.2) is 5.17 Å². The van der Waals surface area contributed by atoms with E-state index in [4.69, 9.17) is 4.99 Å². The maximum atomic E-state index is 13.7. The van der Waals surface area contributed by atoms with E-state index in [0.29, 0.717) is 0 Å². The number of thioether (sulfide) groups is 1. The summed E-state index contributed by atoms with van der Waals surface area (Å²) in [4.78, 5) is 9.89. The summed E-state index contributed by atoms with van der Waals surface area (Å²) in [5.41, 5.74) is 8.10. The molecule has 34 heavy (non-hydrogen) atoms. The lowest BCUT2D eigenvalue weighted by Crippen LogP contribution is -2.40. The van der Waals surface area contributed by atoms with Gasteiger partial charge in [-0.15, -0.1) is 0 Å². The van der Waals surface area contributed by atoms with E-state index in [1.54, 1.807) is 11.8 Å². The number of amidine groups is 1. The Morgan fingerprint density at radius 1 is 0.912 bits per heavy atom. The molecule has 0 bridgehead atoms. The Labute approximate surface area is 203 Å². The van der Waals surface area contributed by atoms with Crippen LogP contribution >= 0.6 is 11.8 Å². The van der Waals surface area contributed by atoms with Crippen LogP contribution in [0.1, 0.15) is 22.7 Å². The molecular formula is C29H24FN3S. The first-order valence-corrected chi connectivity index (χ1v) is 12.3. The maximum absolute atomic E-state index is 13.7. The summed E-state index contributed by atoms with van der Waals surface area (Å²) >= 11 is 1.64. The summed E-state index contributed by atoms with van der Waals surface area (Å²) in [6, 6.07) is 27.9.